The van der Waals surface area contributed by atoms with Crippen LogP contribution in [0.3, 0.4) is 0 Å². The molecule has 1 aliphatic heterocycles. The van der Waals surface area contributed by atoms with E-state index in [1.54, 1.807) is 0 Å². The lowest BCUT2D eigenvalue weighted by molar-refractivity contribution is 0.113. The molecule has 14 heavy (non-hydrogen) atoms. The van der Waals surface area contributed by atoms with Gasteiger partial charge in [0.15, 0.2) is 0 Å². The highest BCUT2D eigenvalue weighted by Crippen LogP contribution is 2.16. The van der Waals surface area contributed by atoms with Gasteiger partial charge in [0, 0.05) is 6.61 Å². The summed E-state index contributed by atoms with van der Waals surface area (Å²) in [6.45, 7) is 0.948. The topological polar surface area (TPSA) is 9.23 Å². The van der Waals surface area contributed by atoms with Crippen molar-refractivity contribution in [3.8, 4) is 0 Å². The van der Waals surface area contributed by atoms with Gasteiger partial charge in [-0.2, -0.15) is 0 Å². The summed E-state index contributed by atoms with van der Waals surface area (Å²) >= 11 is 0. The molecule has 1 nitrogen and oxygen atoms in total. The number of hydrogen-bond acceptors (Lipinski definition) is 1. The van der Waals surface area contributed by atoms with Gasteiger partial charge in [0.1, 0.15) is 0 Å². The lowest BCUT2D eigenvalue weighted by atomic mass is 10.1. The zero-order valence-corrected chi connectivity index (χ0v) is 8.36. The van der Waals surface area contributed by atoms with Crippen molar-refractivity contribution < 1.29 is 4.74 Å². The van der Waals surface area contributed by atoms with Gasteiger partial charge in [0.25, 0.3) is 0 Å². The first kappa shape index (κ1) is 9.47. The Kier molecular flexibility index (Phi) is 3.36. The standard InChI is InChI=1S/C13H16O/c1-2-6-12(7-3-1)8-4-9-13-10-5-11-14-13/h1-4,6-8,13H,5,9-11H2/b8-4+/t13-/m1/s1. The van der Waals surface area contributed by atoms with Crippen molar-refractivity contribution in [2.24, 2.45) is 0 Å². The molecule has 0 spiro atoms. The van der Waals surface area contributed by atoms with Gasteiger partial charge in [0.2, 0.25) is 0 Å². The molecule has 0 aliphatic carbocycles. The third kappa shape index (κ3) is 2.71. The van der Waals surface area contributed by atoms with E-state index in [-0.39, 0.29) is 0 Å². The molecule has 1 aromatic rings. The van der Waals surface area contributed by atoms with E-state index in [1.807, 2.05) is 6.07 Å². The molecule has 2 rings (SSSR count). The minimum Gasteiger partial charge on any atom is -0.378 e. The average Bonchev–Trinajstić information content (AvgIpc) is 2.72. The Morgan fingerprint density at radius 3 is 2.86 bits per heavy atom. The number of ether oxygens (including phenoxy) is 1. The highest BCUT2D eigenvalue weighted by molar-refractivity contribution is 5.48. The van der Waals surface area contributed by atoms with Crippen molar-refractivity contribution in [1.29, 1.82) is 0 Å². The fourth-order valence-electron chi connectivity index (χ4n) is 1.75. The Morgan fingerprint density at radius 1 is 1.29 bits per heavy atom. The van der Waals surface area contributed by atoms with Gasteiger partial charge >= 0.3 is 0 Å². The Morgan fingerprint density at radius 2 is 2.14 bits per heavy atom. The molecule has 0 radical (unpaired) electrons. The summed E-state index contributed by atoms with van der Waals surface area (Å²) in [6, 6.07) is 10.4. The smallest absolute Gasteiger partial charge is 0.0610 e. The minimum absolute atomic E-state index is 0.468. The van der Waals surface area contributed by atoms with Crippen molar-refractivity contribution in [2.75, 3.05) is 6.61 Å². The first-order valence-corrected chi connectivity index (χ1v) is 5.28. The maximum absolute atomic E-state index is 5.54. The molecule has 0 unspecified atom stereocenters. The van der Waals surface area contributed by atoms with Crippen LogP contribution in [0.4, 0.5) is 0 Å². The molecule has 1 aliphatic rings. The Hall–Kier alpha value is -1.08. The number of rotatable bonds is 3. The molecular formula is C13H16O. The summed E-state index contributed by atoms with van der Waals surface area (Å²) in [5, 5.41) is 0. The number of benzene rings is 1. The van der Waals surface area contributed by atoms with Crippen LogP contribution >= 0.6 is 0 Å². The van der Waals surface area contributed by atoms with E-state index < -0.39 is 0 Å². The summed E-state index contributed by atoms with van der Waals surface area (Å²) in [7, 11) is 0. The first-order valence-electron chi connectivity index (χ1n) is 5.28. The SMILES string of the molecule is C(=C\c1ccccc1)/C[C@@H]1CCCO1. The van der Waals surface area contributed by atoms with Gasteiger partial charge in [-0.25, -0.2) is 0 Å². The molecule has 0 amide bonds. The molecular weight excluding hydrogens is 172 g/mol. The summed E-state index contributed by atoms with van der Waals surface area (Å²) in [6.07, 6.45) is 8.35. The van der Waals surface area contributed by atoms with Crippen molar-refractivity contribution in [1.82, 2.24) is 0 Å². The van der Waals surface area contributed by atoms with E-state index in [9.17, 15) is 0 Å². The van der Waals surface area contributed by atoms with Gasteiger partial charge in [-0.15, -0.1) is 0 Å². The van der Waals surface area contributed by atoms with E-state index in [4.69, 9.17) is 4.74 Å². The van der Waals surface area contributed by atoms with Crippen LogP contribution in [0.25, 0.3) is 6.08 Å². The molecule has 0 aromatic heterocycles. The van der Waals surface area contributed by atoms with Crippen molar-refractivity contribution >= 4 is 6.08 Å². The molecule has 0 N–H and O–H groups in total. The second-order valence-corrected chi connectivity index (χ2v) is 3.68. The second kappa shape index (κ2) is 4.97. The highest BCUT2D eigenvalue weighted by atomic mass is 16.5. The van der Waals surface area contributed by atoms with Crippen LogP contribution in [0, 0.1) is 0 Å². The average molecular weight is 188 g/mol. The Balaban J connectivity index is 1.82. The van der Waals surface area contributed by atoms with Gasteiger partial charge in [0.05, 0.1) is 6.10 Å². The van der Waals surface area contributed by atoms with Crippen LogP contribution in [0.2, 0.25) is 0 Å². The highest BCUT2D eigenvalue weighted by Gasteiger charge is 2.12. The van der Waals surface area contributed by atoms with E-state index in [0.717, 1.165) is 13.0 Å². The predicted molar refractivity (Wildman–Crippen MR) is 59.1 cm³/mol. The van der Waals surface area contributed by atoms with Crippen molar-refractivity contribution in [3.05, 3.63) is 42.0 Å². The van der Waals surface area contributed by atoms with Crippen molar-refractivity contribution in [2.45, 2.75) is 25.4 Å². The lowest BCUT2D eigenvalue weighted by Gasteiger charge is -2.03. The Labute approximate surface area is 85.4 Å². The van der Waals surface area contributed by atoms with Crippen LogP contribution in [-0.2, 0) is 4.74 Å². The molecule has 1 heteroatoms. The molecule has 1 heterocycles. The van der Waals surface area contributed by atoms with Gasteiger partial charge < -0.3 is 4.74 Å². The van der Waals surface area contributed by atoms with Crippen LogP contribution in [0.5, 0.6) is 0 Å². The molecule has 1 atom stereocenters. The third-order valence-corrected chi connectivity index (χ3v) is 2.53. The van der Waals surface area contributed by atoms with Crippen LogP contribution in [0.15, 0.2) is 36.4 Å². The quantitative estimate of drug-likeness (QED) is 0.707. The van der Waals surface area contributed by atoms with Crippen LogP contribution in [-0.4, -0.2) is 12.7 Å². The van der Waals surface area contributed by atoms with Gasteiger partial charge in [-0.05, 0) is 24.8 Å². The predicted octanol–water partition coefficient (Wildman–Crippen LogP) is 3.27. The van der Waals surface area contributed by atoms with E-state index in [2.05, 4.69) is 36.4 Å². The minimum atomic E-state index is 0.468. The fraction of sp³-hybridized carbons (Fsp3) is 0.385. The second-order valence-electron chi connectivity index (χ2n) is 3.68. The summed E-state index contributed by atoms with van der Waals surface area (Å²) in [4.78, 5) is 0. The number of hydrogen-bond donors (Lipinski definition) is 0. The molecule has 1 aromatic carbocycles. The maximum atomic E-state index is 5.54. The van der Waals surface area contributed by atoms with E-state index in [1.165, 1.54) is 18.4 Å². The van der Waals surface area contributed by atoms with E-state index in [0.29, 0.717) is 6.10 Å². The monoisotopic (exact) mass is 188 g/mol. The lowest BCUT2D eigenvalue weighted by Crippen LogP contribution is -2.01. The first-order chi connectivity index (χ1) is 6.95. The third-order valence-electron chi connectivity index (χ3n) is 2.53. The van der Waals surface area contributed by atoms with Gasteiger partial charge in [-0.1, -0.05) is 42.5 Å². The zero-order chi connectivity index (χ0) is 9.64. The molecule has 1 fully saturated rings. The van der Waals surface area contributed by atoms with Crippen molar-refractivity contribution in [3.63, 3.8) is 0 Å². The molecule has 74 valence electrons. The largest absolute Gasteiger partial charge is 0.378 e. The molecule has 0 saturated carbocycles. The summed E-state index contributed by atoms with van der Waals surface area (Å²) in [5.41, 5.74) is 1.27. The molecule has 0 bridgehead atoms. The summed E-state index contributed by atoms with van der Waals surface area (Å²) in [5.74, 6) is 0. The maximum Gasteiger partial charge on any atom is 0.0610 e. The van der Waals surface area contributed by atoms with Crippen LogP contribution < -0.4 is 0 Å². The normalized spacial score (nSPS) is 21.9. The summed E-state index contributed by atoms with van der Waals surface area (Å²) < 4.78 is 5.54. The van der Waals surface area contributed by atoms with Crippen LogP contribution in [0.1, 0.15) is 24.8 Å². The van der Waals surface area contributed by atoms with Gasteiger partial charge in [-0.3, -0.25) is 0 Å². The van der Waals surface area contributed by atoms with E-state index >= 15 is 0 Å². The zero-order valence-electron chi connectivity index (χ0n) is 8.36. The molecule has 1 saturated heterocycles. The fourth-order valence-corrected chi connectivity index (χ4v) is 1.75. The Bertz CT molecular complexity index is 283.